The first-order valence-corrected chi connectivity index (χ1v) is 10.8. The molecule has 0 fully saturated rings. The summed E-state index contributed by atoms with van der Waals surface area (Å²) in [6.45, 7) is 4.29. The third-order valence-electron chi connectivity index (χ3n) is 4.40. The molecule has 2 aromatic carbocycles. The number of hydrogen-bond donors (Lipinski definition) is 1. The smallest absolute Gasteiger partial charge is 0.262 e. The van der Waals surface area contributed by atoms with E-state index in [9.17, 15) is 4.79 Å². The number of aromatic nitrogens is 1. The molecule has 4 rings (SSSR count). The molecule has 0 aliphatic rings. The van der Waals surface area contributed by atoms with Gasteiger partial charge < -0.3 is 4.42 Å². The maximum absolute atomic E-state index is 12.9. The summed E-state index contributed by atoms with van der Waals surface area (Å²) >= 11 is 4.81. The van der Waals surface area contributed by atoms with Crippen LogP contribution in [0.25, 0.3) is 11.0 Å². The van der Waals surface area contributed by atoms with Crippen molar-refractivity contribution in [1.29, 1.82) is 0 Å². The second kappa shape index (κ2) is 8.31. The molecule has 0 saturated carbocycles. The van der Waals surface area contributed by atoms with Gasteiger partial charge in [0.1, 0.15) is 11.1 Å². The van der Waals surface area contributed by atoms with Crippen molar-refractivity contribution in [3.8, 4) is 0 Å². The minimum Gasteiger partial charge on any atom is -0.438 e. The lowest BCUT2D eigenvalue weighted by Crippen LogP contribution is -2.21. The molecule has 0 aliphatic carbocycles. The Morgan fingerprint density at radius 3 is 2.66 bits per heavy atom. The number of amides is 1. The number of halogens is 1. The van der Waals surface area contributed by atoms with E-state index >= 15 is 0 Å². The molecule has 1 N–H and O–H groups in total. The van der Waals surface area contributed by atoms with Gasteiger partial charge in [-0.3, -0.25) is 10.1 Å². The summed E-state index contributed by atoms with van der Waals surface area (Å²) in [6, 6.07) is 15.4. The first-order valence-electron chi connectivity index (χ1n) is 9.08. The Bertz CT molecular complexity index is 1230. The quantitative estimate of drug-likeness (QED) is 0.385. The maximum Gasteiger partial charge on any atom is 0.262 e. The van der Waals surface area contributed by atoms with Crippen molar-refractivity contribution in [2.45, 2.75) is 19.8 Å². The van der Waals surface area contributed by atoms with Crippen molar-refractivity contribution in [2.75, 3.05) is 5.32 Å². The number of fused-ring (bicyclic) bond motifs is 1. The zero-order chi connectivity index (χ0) is 20.4. The van der Waals surface area contributed by atoms with Crippen LogP contribution in [0, 0.1) is 0 Å². The zero-order valence-electron chi connectivity index (χ0n) is 15.8. The van der Waals surface area contributed by atoms with Gasteiger partial charge in [0.2, 0.25) is 5.55 Å². The zero-order valence-corrected chi connectivity index (χ0v) is 18.3. The molecule has 2 heterocycles. The fraction of sp³-hybridized carbons (Fsp3) is 0.136. The normalized spacial score (nSPS) is 11.9. The van der Waals surface area contributed by atoms with Crippen molar-refractivity contribution in [3.63, 3.8) is 0 Å². The monoisotopic (exact) mass is 467 g/mol. The Hall–Kier alpha value is -2.77. The second-order valence-corrected chi connectivity index (χ2v) is 8.61. The molecule has 0 bridgehead atoms. The van der Waals surface area contributed by atoms with E-state index < -0.39 is 0 Å². The number of anilines is 1. The number of carbonyl (C=O) groups excluding carboxylic acids is 1. The van der Waals surface area contributed by atoms with Crippen LogP contribution in [0.3, 0.4) is 0 Å². The molecule has 4 aromatic rings. The molecule has 7 heteroatoms. The largest absolute Gasteiger partial charge is 0.438 e. The topological polar surface area (TPSA) is 67.5 Å². The maximum atomic E-state index is 12.9. The number of thiazole rings is 1. The van der Waals surface area contributed by atoms with E-state index in [0.29, 0.717) is 22.2 Å². The molecular weight excluding hydrogens is 450 g/mol. The summed E-state index contributed by atoms with van der Waals surface area (Å²) in [4.78, 5) is 21.6. The molecule has 0 aliphatic heterocycles. The van der Waals surface area contributed by atoms with Gasteiger partial charge in [-0.15, -0.1) is 11.3 Å². The SMILES string of the molecule is CC(C)c1ccc(N=c2oc3ccc(Br)cc3cc2C(=O)Nc2nccs2)cc1. The molecule has 0 atom stereocenters. The van der Waals surface area contributed by atoms with Crippen LogP contribution in [0.15, 0.2) is 74.0 Å². The lowest BCUT2D eigenvalue weighted by atomic mass is 10.0. The molecule has 146 valence electrons. The Morgan fingerprint density at radius 1 is 1.17 bits per heavy atom. The molecule has 1 amide bonds. The van der Waals surface area contributed by atoms with Gasteiger partial charge in [0.15, 0.2) is 5.13 Å². The van der Waals surface area contributed by atoms with Crippen molar-refractivity contribution in [3.05, 3.63) is 81.3 Å². The van der Waals surface area contributed by atoms with Crippen molar-refractivity contribution < 1.29 is 9.21 Å². The van der Waals surface area contributed by atoms with Crippen LogP contribution >= 0.6 is 27.3 Å². The number of hydrogen-bond acceptors (Lipinski definition) is 5. The molecule has 5 nitrogen and oxygen atoms in total. The van der Waals surface area contributed by atoms with Crippen LogP contribution in [0.5, 0.6) is 0 Å². The number of rotatable bonds is 4. The molecule has 2 aromatic heterocycles. The highest BCUT2D eigenvalue weighted by molar-refractivity contribution is 9.10. The third kappa shape index (κ3) is 4.46. The van der Waals surface area contributed by atoms with Gasteiger partial charge in [-0.05, 0) is 47.9 Å². The molecule has 0 saturated heterocycles. The highest BCUT2D eigenvalue weighted by Gasteiger charge is 2.14. The minimum atomic E-state index is -0.317. The second-order valence-electron chi connectivity index (χ2n) is 6.80. The van der Waals surface area contributed by atoms with E-state index in [1.807, 2.05) is 42.5 Å². The van der Waals surface area contributed by atoms with Gasteiger partial charge in [0.25, 0.3) is 5.91 Å². The van der Waals surface area contributed by atoms with Crippen LogP contribution in [-0.2, 0) is 0 Å². The Balaban J connectivity index is 1.83. The number of nitrogens with one attached hydrogen (secondary N) is 1. The lowest BCUT2D eigenvalue weighted by Gasteiger charge is -2.06. The number of carbonyl (C=O) groups is 1. The van der Waals surface area contributed by atoms with Gasteiger partial charge in [0.05, 0.1) is 5.69 Å². The van der Waals surface area contributed by atoms with Crippen LogP contribution in [-0.4, -0.2) is 10.9 Å². The predicted molar refractivity (Wildman–Crippen MR) is 120 cm³/mol. The van der Waals surface area contributed by atoms with Gasteiger partial charge in [-0.25, -0.2) is 9.98 Å². The first kappa shape index (κ1) is 19.5. The van der Waals surface area contributed by atoms with Crippen molar-refractivity contribution in [1.82, 2.24) is 4.98 Å². The van der Waals surface area contributed by atoms with Crippen LogP contribution < -0.4 is 10.9 Å². The summed E-state index contributed by atoms with van der Waals surface area (Å²) in [5, 5.41) is 5.94. The lowest BCUT2D eigenvalue weighted by molar-refractivity contribution is 0.102. The highest BCUT2D eigenvalue weighted by atomic mass is 79.9. The Morgan fingerprint density at radius 2 is 1.97 bits per heavy atom. The van der Waals surface area contributed by atoms with E-state index in [0.717, 1.165) is 15.5 Å². The van der Waals surface area contributed by atoms with E-state index in [1.54, 1.807) is 17.6 Å². The average Bonchev–Trinajstić information content (AvgIpc) is 3.21. The summed E-state index contributed by atoms with van der Waals surface area (Å²) in [7, 11) is 0. The number of nitrogens with zero attached hydrogens (tertiary/aromatic N) is 2. The fourth-order valence-corrected chi connectivity index (χ4v) is 3.75. The van der Waals surface area contributed by atoms with Crippen molar-refractivity contribution in [2.24, 2.45) is 4.99 Å². The molecule has 0 unspecified atom stereocenters. The first-order chi connectivity index (χ1) is 14.0. The van der Waals surface area contributed by atoms with Crippen molar-refractivity contribution >= 4 is 55.0 Å². The van der Waals surface area contributed by atoms with Crippen LogP contribution in [0.4, 0.5) is 10.8 Å². The summed E-state index contributed by atoms with van der Waals surface area (Å²) in [6.07, 6.45) is 1.64. The van der Waals surface area contributed by atoms with Gasteiger partial charge in [0, 0.05) is 21.4 Å². The summed E-state index contributed by atoms with van der Waals surface area (Å²) in [5.41, 5.74) is 3.20. The Kier molecular flexibility index (Phi) is 5.60. The van der Waals surface area contributed by atoms with E-state index in [-0.39, 0.29) is 11.5 Å². The van der Waals surface area contributed by atoms with E-state index in [2.05, 4.69) is 45.1 Å². The Labute approximate surface area is 180 Å². The standard InChI is InChI=1S/C22H18BrN3O2S/c1-13(2)14-3-6-17(7-4-14)25-21-18(20(27)26-22-24-9-10-29-22)12-15-11-16(23)5-8-19(15)28-21/h3-13H,1-2H3,(H,24,26,27). The average molecular weight is 468 g/mol. The molecular formula is C22H18BrN3O2S. The van der Waals surface area contributed by atoms with E-state index in [1.165, 1.54) is 16.9 Å². The molecule has 29 heavy (non-hydrogen) atoms. The number of benzene rings is 2. The van der Waals surface area contributed by atoms with Gasteiger partial charge >= 0.3 is 0 Å². The van der Waals surface area contributed by atoms with Crippen LogP contribution in [0.2, 0.25) is 0 Å². The fourth-order valence-electron chi connectivity index (χ4n) is 2.85. The van der Waals surface area contributed by atoms with Crippen LogP contribution in [0.1, 0.15) is 35.7 Å². The summed E-state index contributed by atoms with van der Waals surface area (Å²) < 4.78 is 6.91. The highest BCUT2D eigenvalue weighted by Crippen LogP contribution is 2.22. The van der Waals surface area contributed by atoms with E-state index in [4.69, 9.17) is 4.42 Å². The van der Waals surface area contributed by atoms with Gasteiger partial charge in [-0.2, -0.15) is 0 Å². The minimum absolute atomic E-state index is 0.256. The third-order valence-corrected chi connectivity index (χ3v) is 5.58. The predicted octanol–water partition coefficient (Wildman–Crippen LogP) is 6.26. The summed E-state index contributed by atoms with van der Waals surface area (Å²) in [5.74, 6) is 0.121. The molecule has 0 spiro atoms. The molecule has 0 radical (unpaired) electrons. The van der Waals surface area contributed by atoms with Gasteiger partial charge in [-0.1, -0.05) is 41.9 Å².